The molecule has 1 saturated heterocycles. The van der Waals surface area contributed by atoms with Crippen molar-refractivity contribution in [3.8, 4) is 0 Å². The molecule has 2 unspecified atom stereocenters. The molecule has 1 fully saturated rings. The summed E-state index contributed by atoms with van der Waals surface area (Å²) in [5.74, 6) is -4.01. The first kappa shape index (κ1) is 12.3. The van der Waals surface area contributed by atoms with E-state index in [9.17, 15) is 13.6 Å². The summed E-state index contributed by atoms with van der Waals surface area (Å²) in [6, 6.07) is -1.68. The maximum Gasteiger partial charge on any atom is 0.320 e. The summed E-state index contributed by atoms with van der Waals surface area (Å²) in [6.07, 6.45) is -0.213. The van der Waals surface area contributed by atoms with Gasteiger partial charge in [0.05, 0.1) is 13.2 Å². The SMILES string of the molecule is CCC(C(=O)O)N1CC(F)(F)CC1CO. The van der Waals surface area contributed by atoms with E-state index in [0.29, 0.717) is 0 Å². The van der Waals surface area contributed by atoms with Crippen molar-refractivity contribution in [2.45, 2.75) is 37.8 Å². The predicted molar refractivity (Wildman–Crippen MR) is 48.9 cm³/mol. The van der Waals surface area contributed by atoms with Gasteiger partial charge in [0.2, 0.25) is 0 Å². The molecular weight excluding hydrogens is 208 g/mol. The quantitative estimate of drug-likeness (QED) is 0.730. The van der Waals surface area contributed by atoms with Crippen molar-refractivity contribution in [2.75, 3.05) is 13.2 Å². The van der Waals surface area contributed by atoms with Crippen molar-refractivity contribution in [1.29, 1.82) is 0 Å². The molecule has 0 spiro atoms. The first-order valence-corrected chi connectivity index (χ1v) is 4.88. The first-order chi connectivity index (χ1) is 6.91. The standard InChI is InChI=1S/C9H15F2NO3/c1-2-7(8(14)15)12-5-9(10,11)3-6(12)4-13/h6-7,13H,2-5H2,1H3,(H,14,15). The zero-order chi connectivity index (χ0) is 11.6. The second-order valence-electron chi connectivity index (χ2n) is 3.83. The molecule has 88 valence electrons. The number of aliphatic carboxylic acids is 1. The molecule has 0 aliphatic carbocycles. The Morgan fingerprint density at radius 3 is 2.67 bits per heavy atom. The van der Waals surface area contributed by atoms with Gasteiger partial charge in [-0.1, -0.05) is 6.92 Å². The molecule has 1 aliphatic heterocycles. The molecule has 15 heavy (non-hydrogen) atoms. The minimum absolute atomic E-state index is 0.252. The van der Waals surface area contributed by atoms with E-state index in [1.165, 1.54) is 4.90 Å². The summed E-state index contributed by atoms with van der Waals surface area (Å²) in [5, 5.41) is 17.8. The van der Waals surface area contributed by atoms with Crippen molar-refractivity contribution in [2.24, 2.45) is 0 Å². The summed E-state index contributed by atoms with van der Waals surface area (Å²) < 4.78 is 26.1. The Morgan fingerprint density at radius 1 is 1.67 bits per heavy atom. The second kappa shape index (κ2) is 4.40. The summed E-state index contributed by atoms with van der Waals surface area (Å²) in [4.78, 5) is 12.0. The first-order valence-electron chi connectivity index (χ1n) is 4.88. The third kappa shape index (κ3) is 2.63. The summed E-state index contributed by atoms with van der Waals surface area (Å²) >= 11 is 0. The van der Waals surface area contributed by atoms with Crippen LogP contribution < -0.4 is 0 Å². The normalized spacial score (nSPS) is 27.9. The third-order valence-electron chi connectivity index (χ3n) is 2.70. The van der Waals surface area contributed by atoms with E-state index in [-0.39, 0.29) is 6.42 Å². The van der Waals surface area contributed by atoms with Crippen LogP contribution in [-0.2, 0) is 4.79 Å². The molecule has 1 heterocycles. The van der Waals surface area contributed by atoms with Crippen LogP contribution in [0.25, 0.3) is 0 Å². The molecule has 6 heteroatoms. The Labute approximate surface area is 86.5 Å². The smallest absolute Gasteiger partial charge is 0.320 e. The minimum Gasteiger partial charge on any atom is -0.480 e. The van der Waals surface area contributed by atoms with Gasteiger partial charge in [-0.25, -0.2) is 8.78 Å². The van der Waals surface area contributed by atoms with Crippen LogP contribution in [0.4, 0.5) is 8.78 Å². The fraction of sp³-hybridized carbons (Fsp3) is 0.889. The van der Waals surface area contributed by atoms with E-state index >= 15 is 0 Å². The van der Waals surface area contributed by atoms with Gasteiger partial charge in [0.1, 0.15) is 6.04 Å². The number of rotatable bonds is 4. The number of alkyl halides is 2. The number of hydrogen-bond acceptors (Lipinski definition) is 3. The number of aliphatic hydroxyl groups excluding tert-OH is 1. The Kier molecular flexibility index (Phi) is 3.62. The van der Waals surface area contributed by atoms with Crippen LogP contribution in [0.2, 0.25) is 0 Å². The van der Waals surface area contributed by atoms with Gasteiger partial charge in [-0.15, -0.1) is 0 Å². The van der Waals surface area contributed by atoms with Gasteiger partial charge in [-0.2, -0.15) is 0 Å². The zero-order valence-corrected chi connectivity index (χ0v) is 8.49. The average molecular weight is 223 g/mol. The maximum absolute atomic E-state index is 13.0. The van der Waals surface area contributed by atoms with Crippen LogP contribution in [0.1, 0.15) is 19.8 Å². The Hall–Kier alpha value is -0.750. The van der Waals surface area contributed by atoms with Gasteiger partial charge in [0.15, 0.2) is 0 Å². The lowest BCUT2D eigenvalue weighted by Crippen LogP contribution is -2.45. The number of hydrogen-bond donors (Lipinski definition) is 2. The second-order valence-corrected chi connectivity index (χ2v) is 3.83. The third-order valence-corrected chi connectivity index (χ3v) is 2.70. The largest absolute Gasteiger partial charge is 0.480 e. The van der Waals surface area contributed by atoms with Crippen LogP contribution in [0.5, 0.6) is 0 Å². The number of carbonyl (C=O) groups is 1. The van der Waals surface area contributed by atoms with E-state index in [4.69, 9.17) is 10.2 Å². The highest BCUT2D eigenvalue weighted by Crippen LogP contribution is 2.33. The maximum atomic E-state index is 13.0. The molecule has 0 radical (unpaired) electrons. The fourth-order valence-electron chi connectivity index (χ4n) is 2.01. The molecule has 0 aromatic heterocycles. The Bertz CT molecular complexity index is 248. The number of nitrogens with zero attached hydrogens (tertiary/aromatic N) is 1. The van der Waals surface area contributed by atoms with Crippen molar-refractivity contribution in [3.05, 3.63) is 0 Å². The van der Waals surface area contributed by atoms with E-state index in [1.807, 2.05) is 0 Å². The highest BCUT2D eigenvalue weighted by molar-refractivity contribution is 5.73. The average Bonchev–Trinajstić information content (AvgIpc) is 2.42. The summed E-state index contributed by atoms with van der Waals surface area (Å²) in [7, 11) is 0. The van der Waals surface area contributed by atoms with Crippen LogP contribution >= 0.6 is 0 Å². The minimum atomic E-state index is -2.89. The molecular formula is C9H15F2NO3. The number of carboxylic acids is 1. The van der Waals surface area contributed by atoms with Crippen LogP contribution in [0.15, 0.2) is 0 Å². The number of carboxylic acid groups (broad SMARTS) is 1. The molecule has 4 nitrogen and oxygen atoms in total. The number of halogens is 2. The molecule has 0 bridgehead atoms. The van der Waals surface area contributed by atoms with Gasteiger partial charge in [0, 0.05) is 12.5 Å². The van der Waals surface area contributed by atoms with Gasteiger partial charge < -0.3 is 10.2 Å². The van der Waals surface area contributed by atoms with Crippen LogP contribution in [0, 0.1) is 0 Å². The lowest BCUT2D eigenvalue weighted by atomic mass is 10.1. The highest BCUT2D eigenvalue weighted by Gasteiger charge is 2.48. The molecule has 0 saturated carbocycles. The van der Waals surface area contributed by atoms with Crippen molar-refractivity contribution in [3.63, 3.8) is 0 Å². The Balaban J connectivity index is 2.79. The molecule has 2 N–H and O–H groups in total. The van der Waals surface area contributed by atoms with Crippen molar-refractivity contribution >= 4 is 5.97 Å². The molecule has 0 aromatic carbocycles. The van der Waals surface area contributed by atoms with Crippen molar-refractivity contribution < 1.29 is 23.8 Å². The molecule has 1 rings (SSSR count). The number of likely N-dealkylation sites (tertiary alicyclic amines) is 1. The van der Waals surface area contributed by atoms with Crippen LogP contribution in [-0.4, -0.2) is 52.2 Å². The number of aliphatic hydroxyl groups is 1. The molecule has 2 atom stereocenters. The molecule has 0 aromatic rings. The summed E-state index contributed by atoms with van der Waals surface area (Å²) in [6.45, 7) is 0.617. The van der Waals surface area contributed by atoms with E-state index in [2.05, 4.69) is 0 Å². The van der Waals surface area contributed by atoms with Crippen molar-refractivity contribution in [1.82, 2.24) is 4.90 Å². The van der Waals surface area contributed by atoms with E-state index in [1.54, 1.807) is 6.92 Å². The van der Waals surface area contributed by atoms with Gasteiger partial charge in [0.25, 0.3) is 5.92 Å². The highest BCUT2D eigenvalue weighted by atomic mass is 19.3. The molecule has 1 aliphatic rings. The lowest BCUT2D eigenvalue weighted by Gasteiger charge is -2.27. The Morgan fingerprint density at radius 2 is 2.27 bits per heavy atom. The summed E-state index contributed by atoms with van der Waals surface area (Å²) in [5.41, 5.74) is 0. The van der Waals surface area contributed by atoms with E-state index in [0.717, 1.165) is 0 Å². The monoisotopic (exact) mass is 223 g/mol. The van der Waals surface area contributed by atoms with Gasteiger partial charge in [-0.3, -0.25) is 9.69 Å². The lowest BCUT2D eigenvalue weighted by molar-refractivity contribution is -0.144. The predicted octanol–water partition coefficient (Wildman–Crippen LogP) is 0.552. The molecule has 0 amide bonds. The van der Waals surface area contributed by atoms with Crippen LogP contribution in [0.3, 0.4) is 0 Å². The van der Waals surface area contributed by atoms with E-state index < -0.39 is 43.5 Å². The zero-order valence-electron chi connectivity index (χ0n) is 8.49. The van der Waals surface area contributed by atoms with Gasteiger partial charge >= 0.3 is 5.97 Å². The van der Waals surface area contributed by atoms with Gasteiger partial charge in [-0.05, 0) is 6.42 Å². The fourth-order valence-corrected chi connectivity index (χ4v) is 2.01. The topological polar surface area (TPSA) is 60.8 Å².